The highest BCUT2D eigenvalue weighted by molar-refractivity contribution is 6.00. The molecule has 0 unspecified atom stereocenters. The molecule has 0 atom stereocenters. The van der Waals surface area contributed by atoms with E-state index in [1.165, 1.54) is 10.0 Å². The average Bonchev–Trinajstić information content (AvgIpc) is 2.55. The molecule has 0 aromatic heterocycles. The van der Waals surface area contributed by atoms with Crippen molar-refractivity contribution < 1.29 is 9.59 Å². The van der Waals surface area contributed by atoms with Crippen LogP contribution in [0.4, 0.5) is 0 Å². The first-order valence-corrected chi connectivity index (χ1v) is 8.85. The number of amides is 2. The highest BCUT2D eigenvalue weighted by Crippen LogP contribution is 2.15. The number of nitrogens with zero attached hydrogens (tertiary/aromatic N) is 4. The van der Waals surface area contributed by atoms with Crippen LogP contribution in [0, 0.1) is 0 Å². The van der Waals surface area contributed by atoms with Gasteiger partial charge in [0.1, 0.15) is 0 Å². The quantitative estimate of drug-likeness (QED) is 0.565. The van der Waals surface area contributed by atoms with E-state index in [2.05, 4.69) is 10.2 Å². The van der Waals surface area contributed by atoms with Crippen molar-refractivity contribution in [2.75, 3.05) is 0 Å². The summed E-state index contributed by atoms with van der Waals surface area (Å²) in [5.74, 6) is -0.468. The molecule has 6 heteroatoms. The standard InChI is InChI=1S/C20H30N4O2/c1-13(2)21-23(15(5)6)19(25)17-10-9-11-18(12-17)20(26)24(16(7)8)22-14(3)4/h9-12,15-16H,1-8H3. The lowest BCUT2D eigenvalue weighted by Gasteiger charge is -2.23. The summed E-state index contributed by atoms with van der Waals surface area (Å²) in [6.45, 7) is 15.0. The Morgan fingerprint density at radius 1 is 0.769 bits per heavy atom. The molecular formula is C20H30N4O2. The summed E-state index contributed by atoms with van der Waals surface area (Å²) in [6, 6.07) is 6.54. The van der Waals surface area contributed by atoms with Crippen LogP contribution in [0.2, 0.25) is 0 Å². The third kappa shape index (κ3) is 5.79. The van der Waals surface area contributed by atoms with Gasteiger partial charge in [-0.1, -0.05) is 6.07 Å². The highest BCUT2D eigenvalue weighted by atomic mass is 16.2. The molecule has 0 saturated carbocycles. The summed E-state index contributed by atoms with van der Waals surface area (Å²) >= 11 is 0. The molecule has 0 aliphatic rings. The number of hydrogen-bond acceptors (Lipinski definition) is 4. The minimum Gasteiger partial charge on any atom is -0.267 e. The molecule has 26 heavy (non-hydrogen) atoms. The van der Waals surface area contributed by atoms with Crippen LogP contribution in [0.25, 0.3) is 0 Å². The van der Waals surface area contributed by atoms with Crippen LogP contribution in [-0.4, -0.2) is 45.3 Å². The van der Waals surface area contributed by atoms with Gasteiger partial charge in [-0.05, 0) is 73.6 Å². The van der Waals surface area contributed by atoms with Crippen molar-refractivity contribution in [2.24, 2.45) is 10.2 Å². The second-order valence-electron chi connectivity index (χ2n) is 7.16. The molecule has 0 heterocycles. The van der Waals surface area contributed by atoms with Crippen molar-refractivity contribution in [3.63, 3.8) is 0 Å². The molecular weight excluding hydrogens is 328 g/mol. The van der Waals surface area contributed by atoms with E-state index in [1.54, 1.807) is 24.3 Å². The summed E-state index contributed by atoms with van der Waals surface area (Å²) < 4.78 is 0. The van der Waals surface area contributed by atoms with Crippen LogP contribution < -0.4 is 0 Å². The Bertz CT molecular complexity index is 655. The van der Waals surface area contributed by atoms with Crippen LogP contribution in [0.1, 0.15) is 76.1 Å². The number of hydrazone groups is 2. The molecule has 6 nitrogen and oxygen atoms in total. The largest absolute Gasteiger partial charge is 0.274 e. The van der Waals surface area contributed by atoms with Gasteiger partial charge in [-0.3, -0.25) is 9.59 Å². The van der Waals surface area contributed by atoms with Crippen LogP contribution in [-0.2, 0) is 0 Å². The smallest absolute Gasteiger partial charge is 0.267 e. The Balaban J connectivity index is 3.25. The Kier molecular flexibility index (Phi) is 7.68. The van der Waals surface area contributed by atoms with Gasteiger partial charge in [0, 0.05) is 22.6 Å². The zero-order valence-electron chi connectivity index (χ0n) is 17.1. The van der Waals surface area contributed by atoms with Gasteiger partial charge in [0.05, 0.1) is 12.1 Å². The van der Waals surface area contributed by atoms with Crippen molar-refractivity contribution in [1.29, 1.82) is 0 Å². The van der Waals surface area contributed by atoms with Gasteiger partial charge in [0.2, 0.25) is 0 Å². The Morgan fingerprint density at radius 2 is 1.12 bits per heavy atom. The van der Waals surface area contributed by atoms with E-state index in [-0.39, 0.29) is 23.9 Å². The summed E-state index contributed by atoms with van der Waals surface area (Å²) in [6.07, 6.45) is 0. The van der Waals surface area contributed by atoms with E-state index < -0.39 is 0 Å². The lowest BCUT2D eigenvalue weighted by atomic mass is 10.1. The second-order valence-corrected chi connectivity index (χ2v) is 7.16. The number of hydrogen-bond donors (Lipinski definition) is 0. The van der Waals surface area contributed by atoms with Crippen molar-refractivity contribution in [2.45, 2.75) is 67.5 Å². The van der Waals surface area contributed by atoms with Crippen molar-refractivity contribution in [3.8, 4) is 0 Å². The predicted octanol–water partition coefficient (Wildman–Crippen LogP) is 4.18. The second kappa shape index (κ2) is 9.27. The normalized spacial score (nSPS) is 10.5. The molecule has 2 amide bonds. The summed E-state index contributed by atoms with van der Waals surface area (Å²) in [7, 11) is 0. The Hall–Kier alpha value is -2.50. The first-order chi connectivity index (χ1) is 12.0. The molecule has 1 rings (SSSR count). The average molecular weight is 358 g/mol. The first kappa shape index (κ1) is 21.5. The van der Waals surface area contributed by atoms with Crippen molar-refractivity contribution >= 4 is 23.2 Å². The molecule has 0 radical (unpaired) electrons. The van der Waals surface area contributed by atoms with E-state index in [4.69, 9.17) is 0 Å². The van der Waals surface area contributed by atoms with Gasteiger partial charge in [0.15, 0.2) is 0 Å². The maximum atomic E-state index is 12.8. The fourth-order valence-electron chi connectivity index (χ4n) is 2.27. The number of carbonyl (C=O) groups is 2. The first-order valence-electron chi connectivity index (χ1n) is 8.85. The zero-order valence-corrected chi connectivity index (χ0v) is 17.1. The topological polar surface area (TPSA) is 65.3 Å². The van der Waals surface area contributed by atoms with Crippen LogP contribution >= 0.6 is 0 Å². The lowest BCUT2D eigenvalue weighted by molar-refractivity contribution is 0.0710. The Labute approximate surface area is 156 Å². The fraction of sp³-hybridized carbons (Fsp3) is 0.500. The van der Waals surface area contributed by atoms with E-state index in [9.17, 15) is 9.59 Å². The van der Waals surface area contributed by atoms with Gasteiger partial charge in [-0.15, -0.1) is 0 Å². The number of rotatable bonds is 6. The molecule has 0 fully saturated rings. The third-order valence-electron chi connectivity index (χ3n) is 3.37. The molecule has 142 valence electrons. The number of carbonyl (C=O) groups excluding carboxylic acids is 2. The molecule has 1 aromatic rings. The van der Waals surface area contributed by atoms with E-state index >= 15 is 0 Å². The predicted molar refractivity (Wildman–Crippen MR) is 107 cm³/mol. The maximum absolute atomic E-state index is 12.8. The molecule has 0 N–H and O–H groups in total. The van der Waals surface area contributed by atoms with E-state index in [1.807, 2.05) is 55.4 Å². The summed E-state index contributed by atoms with van der Waals surface area (Å²) in [5.41, 5.74) is 2.43. The fourth-order valence-corrected chi connectivity index (χ4v) is 2.27. The molecule has 0 aliphatic heterocycles. The Morgan fingerprint density at radius 3 is 1.38 bits per heavy atom. The van der Waals surface area contributed by atoms with Gasteiger partial charge in [-0.2, -0.15) is 10.2 Å². The molecule has 0 aliphatic carbocycles. The summed E-state index contributed by atoms with van der Waals surface area (Å²) in [4.78, 5) is 25.7. The highest BCUT2D eigenvalue weighted by Gasteiger charge is 2.22. The van der Waals surface area contributed by atoms with Gasteiger partial charge in [0.25, 0.3) is 11.8 Å². The molecule has 0 spiro atoms. The summed E-state index contributed by atoms with van der Waals surface area (Å²) in [5, 5.41) is 11.5. The monoisotopic (exact) mass is 358 g/mol. The zero-order chi connectivity index (χ0) is 20.0. The minimum atomic E-state index is -0.234. The van der Waals surface area contributed by atoms with E-state index in [0.717, 1.165) is 11.4 Å². The van der Waals surface area contributed by atoms with E-state index in [0.29, 0.717) is 11.1 Å². The van der Waals surface area contributed by atoms with Crippen LogP contribution in [0.15, 0.2) is 34.5 Å². The SMILES string of the molecule is CC(C)=NN(C(=O)c1cccc(C(=O)N(N=C(C)C)C(C)C)c1)C(C)C. The van der Waals surface area contributed by atoms with Gasteiger partial charge >= 0.3 is 0 Å². The maximum Gasteiger partial charge on any atom is 0.274 e. The lowest BCUT2D eigenvalue weighted by Crippen LogP contribution is -2.34. The van der Waals surface area contributed by atoms with Gasteiger partial charge < -0.3 is 0 Å². The molecule has 1 aromatic carbocycles. The van der Waals surface area contributed by atoms with Crippen LogP contribution in [0.5, 0.6) is 0 Å². The molecule has 0 bridgehead atoms. The third-order valence-corrected chi connectivity index (χ3v) is 3.37. The van der Waals surface area contributed by atoms with Crippen molar-refractivity contribution in [3.05, 3.63) is 35.4 Å². The van der Waals surface area contributed by atoms with Gasteiger partial charge in [-0.25, -0.2) is 10.0 Å². The number of benzene rings is 1. The van der Waals surface area contributed by atoms with Crippen LogP contribution in [0.3, 0.4) is 0 Å². The van der Waals surface area contributed by atoms with Crippen molar-refractivity contribution in [1.82, 2.24) is 10.0 Å². The minimum absolute atomic E-state index is 0.0868. The molecule has 0 saturated heterocycles.